The van der Waals surface area contributed by atoms with E-state index >= 15 is 0 Å². The summed E-state index contributed by atoms with van der Waals surface area (Å²) in [7, 11) is 0. The standard InChI is InChI=1S/C12H14ClF4NO.ClH/c1-5(2)11(19)10(18)8-6(12(15,16)17)3-4-7(13)9(8)14;/h3-5,10-11,19H,18H2,1-2H3;1H/t10-,11+;/m0./s1. The largest absolute Gasteiger partial charge is 0.416 e. The minimum absolute atomic E-state index is 0. The predicted octanol–water partition coefficient (Wildman–Crippen LogP) is 3.94. The van der Waals surface area contributed by atoms with Gasteiger partial charge in [-0.1, -0.05) is 25.4 Å². The van der Waals surface area contributed by atoms with Crippen molar-refractivity contribution in [1.29, 1.82) is 0 Å². The van der Waals surface area contributed by atoms with Crippen molar-refractivity contribution in [1.82, 2.24) is 0 Å². The molecule has 0 bridgehead atoms. The van der Waals surface area contributed by atoms with E-state index in [1.54, 1.807) is 13.8 Å². The van der Waals surface area contributed by atoms with Crippen molar-refractivity contribution in [3.8, 4) is 0 Å². The van der Waals surface area contributed by atoms with Gasteiger partial charge in [0.15, 0.2) is 0 Å². The molecule has 0 unspecified atom stereocenters. The van der Waals surface area contributed by atoms with E-state index in [1.807, 2.05) is 0 Å². The van der Waals surface area contributed by atoms with Crippen molar-refractivity contribution >= 4 is 24.0 Å². The van der Waals surface area contributed by atoms with E-state index in [4.69, 9.17) is 17.3 Å². The van der Waals surface area contributed by atoms with Crippen LogP contribution in [0, 0.1) is 11.7 Å². The zero-order chi connectivity index (χ0) is 15.0. The highest BCUT2D eigenvalue weighted by Gasteiger charge is 2.38. The topological polar surface area (TPSA) is 46.2 Å². The van der Waals surface area contributed by atoms with E-state index in [0.717, 1.165) is 6.07 Å². The van der Waals surface area contributed by atoms with Gasteiger partial charge in [0.2, 0.25) is 0 Å². The van der Waals surface area contributed by atoms with Gasteiger partial charge in [0.05, 0.1) is 22.7 Å². The number of hydrogen-bond donors (Lipinski definition) is 2. The molecule has 0 amide bonds. The smallest absolute Gasteiger partial charge is 0.391 e. The third-order valence-electron chi connectivity index (χ3n) is 2.82. The van der Waals surface area contributed by atoms with Gasteiger partial charge < -0.3 is 10.8 Å². The van der Waals surface area contributed by atoms with Gasteiger partial charge in [0.25, 0.3) is 0 Å². The molecule has 1 aromatic rings. The Labute approximate surface area is 125 Å². The first-order valence-electron chi connectivity index (χ1n) is 5.56. The molecule has 2 atom stereocenters. The Morgan fingerprint density at radius 3 is 2.15 bits per heavy atom. The van der Waals surface area contributed by atoms with E-state index in [1.165, 1.54) is 0 Å². The van der Waals surface area contributed by atoms with Crippen LogP contribution in [0.4, 0.5) is 17.6 Å². The summed E-state index contributed by atoms with van der Waals surface area (Å²) in [6, 6.07) is -0.0268. The summed E-state index contributed by atoms with van der Waals surface area (Å²) in [5.41, 5.74) is 3.53. The molecular weight excluding hydrogens is 321 g/mol. The lowest BCUT2D eigenvalue weighted by atomic mass is 9.90. The number of alkyl halides is 3. The molecule has 0 aromatic heterocycles. The fraction of sp³-hybridized carbons (Fsp3) is 0.500. The quantitative estimate of drug-likeness (QED) is 0.822. The normalized spacial score (nSPS) is 14.9. The van der Waals surface area contributed by atoms with Crippen molar-refractivity contribution in [2.45, 2.75) is 32.2 Å². The lowest BCUT2D eigenvalue weighted by Crippen LogP contribution is -2.33. The van der Waals surface area contributed by atoms with Gasteiger partial charge in [0.1, 0.15) is 5.82 Å². The molecule has 0 heterocycles. The Hall–Kier alpha value is -0.560. The van der Waals surface area contributed by atoms with Gasteiger partial charge in [-0.3, -0.25) is 0 Å². The van der Waals surface area contributed by atoms with Crippen LogP contribution in [-0.2, 0) is 6.18 Å². The molecule has 116 valence electrons. The Kier molecular flexibility index (Phi) is 6.74. The zero-order valence-corrected chi connectivity index (χ0v) is 12.3. The van der Waals surface area contributed by atoms with Crippen molar-refractivity contribution < 1.29 is 22.7 Å². The van der Waals surface area contributed by atoms with Crippen LogP contribution in [0.3, 0.4) is 0 Å². The number of halogens is 6. The molecule has 0 saturated heterocycles. The average Bonchev–Trinajstić information content (AvgIpc) is 2.28. The molecule has 8 heteroatoms. The first kappa shape index (κ1) is 19.4. The highest BCUT2D eigenvalue weighted by molar-refractivity contribution is 6.30. The van der Waals surface area contributed by atoms with Crippen LogP contribution in [0.1, 0.15) is 31.0 Å². The van der Waals surface area contributed by atoms with Gasteiger partial charge in [-0.25, -0.2) is 4.39 Å². The van der Waals surface area contributed by atoms with E-state index in [9.17, 15) is 22.7 Å². The second-order valence-electron chi connectivity index (χ2n) is 4.58. The molecule has 1 aromatic carbocycles. The minimum Gasteiger partial charge on any atom is -0.391 e. The molecule has 1 rings (SSSR count). The van der Waals surface area contributed by atoms with E-state index in [-0.39, 0.29) is 12.4 Å². The monoisotopic (exact) mass is 335 g/mol. The number of hydrogen-bond acceptors (Lipinski definition) is 2. The maximum absolute atomic E-state index is 13.8. The summed E-state index contributed by atoms with van der Waals surface area (Å²) in [4.78, 5) is 0. The average molecular weight is 336 g/mol. The molecule has 0 aliphatic carbocycles. The van der Waals surface area contributed by atoms with Crippen LogP contribution in [0.25, 0.3) is 0 Å². The second-order valence-corrected chi connectivity index (χ2v) is 4.99. The van der Waals surface area contributed by atoms with Crippen molar-refractivity contribution in [2.24, 2.45) is 11.7 Å². The number of nitrogens with two attached hydrogens (primary N) is 1. The Morgan fingerprint density at radius 2 is 1.75 bits per heavy atom. The van der Waals surface area contributed by atoms with E-state index in [2.05, 4.69) is 0 Å². The number of rotatable bonds is 3. The number of benzene rings is 1. The van der Waals surface area contributed by atoms with Gasteiger partial charge in [-0.2, -0.15) is 13.2 Å². The summed E-state index contributed by atoms with van der Waals surface area (Å²) in [5.74, 6) is -1.67. The van der Waals surface area contributed by atoms with Crippen LogP contribution in [0.15, 0.2) is 12.1 Å². The molecule has 0 spiro atoms. The molecule has 2 nitrogen and oxygen atoms in total. The first-order valence-corrected chi connectivity index (χ1v) is 5.94. The Balaban J connectivity index is 0.00000361. The van der Waals surface area contributed by atoms with Crippen LogP contribution in [0.2, 0.25) is 5.02 Å². The minimum atomic E-state index is -4.77. The molecule has 20 heavy (non-hydrogen) atoms. The summed E-state index contributed by atoms with van der Waals surface area (Å²) < 4.78 is 52.4. The molecule has 3 N–H and O–H groups in total. The third-order valence-corrected chi connectivity index (χ3v) is 3.11. The SMILES string of the molecule is CC(C)[C@@H](O)[C@@H](N)c1c(C(F)(F)F)ccc(Cl)c1F.Cl. The highest BCUT2D eigenvalue weighted by atomic mass is 35.5. The lowest BCUT2D eigenvalue weighted by Gasteiger charge is -2.26. The molecule has 0 radical (unpaired) electrons. The Morgan fingerprint density at radius 1 is 1.25 bits per heavy atom. The summed E-state index contributed by atoms with van der Waals surface area (Å²) in [6.45, 7) is 3.14. The summed E-state index contributed by atoms with van der Waals surface area (Å²) in [5, 5.41) is 9.29. The van der Waals surface area contributed by atoms with Gasteiger partial charge in [-0.05, 0) is 18.1 Å². The van der Waals surface area contributed by atoms with Crippen molar-refractivity contribution in [3.63, 3.8) is 0 Å². The number of aliphatic hydroxyl groups is 1. The fourth-order valence-electron chi connectivity index (χ4n) is 1.72. The third kappa shape index (κ3) is 3.97. The second kappa shape index (κ2) is 6.93. The molecule has 0 saturated carbocycles. The molecular formula is C12H15Cl2F4NO. The van der Waals surface area contributed by atoms with Crippen LogP contribution >= 0.6 is 24.0 Å². The molecule has 0 aliphatic heterocycles. The molecule has 0 fully saturated rings. The van der Waals surface area contributed by atoms with Crippen LogP contribution < -0.4 is 5.73 Å². The van der Waals surface area contributed by atoms with Gasteiger partial charge in [-0.15, -0.1) is 12.4 Å². The summed E-state index contributed by atoms with van der Waals surface area (Å²) >= 11 is 5.48. The van der Waals surface area contributed by atoms with E-state index < -0.39 is 46.2 Å². The molecule has 0 aliphatic rings. The van der Waals surface area contributed by atoms with Gasteiger partial charge >= 0.3 is 6.18 Å². The van der Waals surface area contributed by atoms with Gasteiger partial charge in [0, 0.05) is 5.56 Å². The number of aliphatic hydroxyl groups excluding tert-OH is 1. The van der Waals surface area contributed by atoms with E-state index in [0.29, 0.717) is 6.07 Å². The van der Waals surface area contributed by atoms with Crippen molar-refractivity contribution in [3.05, 3.63) is 34.1 Å². The van der Waals surface area contributed by atoms with Crippen LogP contribution in [0.5, 0.6) is 0 Å². The van der Waals surface area contributed by atoms with Crippen LogP contribution in [-0.4, -0.2) is 11.2 Å². The summed E-state index contributed by atoms with van der Waals surface area (Å²) in [6.07, 6.45) is -6.08. The maximum Gasteiger partial charge on any atom is 0.416 e. The lowest BCUT2D eigenvalue weighted by molar-refractivity contribution is -0.138. The highest BCUT2D eigenvalue weighted by Crippen LogP contribution is 2.38. The first-order chi connectivity index (χ1) is 8.57. The zero-order valence-electron chi connectivity index (χ0n) is 10.7. The Bertz CT molecular complexity index is 466. The van der Waals surface area contributed by atoms with Crippen molar-refractivity contribution in [2.75, 3.05) is 0 Å². The fourth-order valence-corrected chi connectivity index (χ4v) is 1.89. The predicted molar refractivity (Wildman–Crippen MR) is 71.4 cm³/mol. The maximum atomic E-state index is 13.8.